The quantitative estimate of drug-likeness (QED) is 0.779. The van der Waals surface area contributed by atoms with E-state index in [4.69, 9.17) is 10.5 Å². The molecule has 1 aromatic heterocycles. The smallest absolute Gasteiger partial charge is 0.345 e. The van der Waals surface area contributed by atoms with E-state index in [1.165, 1.54) is 24.4 Å². The lowest BCUT2D eigenvalue weighted by atomic mass is 10.2. The third-order valence-electron chi connectivity index (χ3n) is 3.18. The zero-order valence-corrected chi connectivity index (χ0v) is 12.3. The van der Waals surface area contributed by atoms with E-state index >= 15 is 0 Å². The van der Waals surface area contributed by atoms with Gasteiger partial charge in [0.15, 0.2) is 5.82 Å². The van der Waals surface area contributed by atoms with Crippen molar-refractivity contribution in [2.45, 2.75) is 45.6 Å². The molecule has 1 saturated carbocycles. The molecule has 0 spiro atoms. The van der Waals surface area contributed by atoms with Gasteiger partial charge in [-0.2, -0.15) is 4.37 Å². The monoisotopic (exact) mass is 283 g/mol. The van der Waals surface area contributed by atoms with Crippen molar-refractivity contribution in [1.29, 1.82) is 0 Å². The number of hydrogen-bond acceptors (Lipinski definition) is 6. The van der Waals surface area contributed by atoms with E-state index in [-0.39, 0.29) is 5.97 Å². The van der Waals surface area contributed by atoms with Gasteiger partial charge in [0.2, 0.25) is 0 Å². The Morgan fingerprint density at radius 3 is 2.84 bits per heavy atom. The van der Waals surface area contributed by atoms with Crippen LogP contribution in [0, 0.1) is 0 Å². The summed E-state index contributed by atoms with van der Waals surface area (Å²) >= 11 is 1.31. The fourth-order valence-electron chi connectivity index (χ4n) is 2.05. The average molecular weight is 283 g/mol. The zero-order valence-electron chi connectivity index (χ0n) is 11.5. The summed E-state index contributed by atoms with van der Waals surface area (Å²) in [5.74, 6) is -0.0634. The second-order valence-corrected chi connectivity index (χ2v) is 5.50. The lowest BCUT2D eigenvalue weighted by Crippen LogP contribution is -2.27. The molecule has 1 aliphatic carbocycles. The molecule has 0 saturated heterocycles. The Bertz CT molecular complexity index is 443. The molecule has 0 aromatic carbocycles. The van der Waals surface area contributed by atoms with Crippen LogP contribution in [0.25, 0.3) is 0 Å². The van der Waals surface area contributed by atoms with Crippen LogP contribution in [0.15, 0.2) is 0 Å². The minimum absolute atomic E-state index is 0.292. The summed E-state index contributed by atoms with van der Waals surface area (Å²) in [6.45, 7) is 5.27. The standard InChI is InChI=1S/C13H21N3O2S/c1-3-5-8-16(9-6-7-9)12-10(11(14)15-19-12)13(17)18-4-2/h9H,3-8H2,1-2H3,(H2,14,15). The van der Waals surface area contributed by atoms with E-state index in [2.05, 4.69) is 16.2 Å². The van der Waals surface area contributed by atoms with Gasteiger partial charge in [-0.3, -0.25) is 0 Å². The molecule has 5 nitrogen and oxygen atoms in total. The summed E-state index contributed by atoms with van der Waals surface area (Å²) in [5, 5.41) is 0.881. The molecule has 1 heterocycles. The van der Waals surface area contributed by atoms with Crippen LogP contribution in [-0.2, 0) is 4.74 Å². The molecule has 0 unspecified atom stereocenters. The normalized spacial score (nSPS) is 14.4. The van der Waals surface area contributed by atoms with Gasteiger partial charge in [0, 0.05) is 12.6 Å². The average Bonchev–Trinajstić information content (AvgIpc) is 3.14. The summed E-state index contributed by atoms with van der Waals surface area (Å²) in [6, 6.07) is 0.541. The van der Waals surface area contributed by atoms with Gasteiger partial charge in [-0.05, 0) is 37.7 Å². The van der Waals surface area contributed by atoms with Crippen molar-refractivity contribution in [2.75, 3.05) is 23.8 Å². The van der Waals surface area contributed by atoms with Crippen molar-refractivity contribution in [3.05, 3.63) is 5.56 Å². The number of anilines is 2. The fourth-order valence-corrected chi connectivity index (χ4v) is 2.95. The van der Waals surface area contributed by atoms with Gasteiger partial charge in [0.25, 0.3) is 0 Å². The summed E-state index contributed by atoms with van der Waals surface area (Å²) in [4.78, 5) is 14.3. The van der Waals surface area contributed by atoms with Crippen molar-refractivity contribution >= 4 is 28.3 Å². The first-order valence-electron chi connectivity index (χ1n) is 6.87. The lowest BCUT2D eigenvalue weighted by Gasteiger charge is -2.23. The topological polar surface area (TPSA) is 68.5 Å². The van der Waals surface area contributed by atoms with Crippen LogP contribution in [0.4, 0.5) is 10.8 Å². The van der Waals surface area contributed by atoms with E-state index in [9.17, 15) is 4.79 Å². The van der Waals surface area contributed by atoms with E-state index in [0.29, 0.717) is 24.0 Å². The van der Waals surface area contributed by atoms with Crippen LogP contribution >= 0.6 is 11.5 Å². The number of esters is 1. The fraction of sp³-hybridized carbons (Fsp3) is 0.692. The van der Waals surface area contributed by atoms with Gasteiger partial charge in [-0.1, -0.05) is 13.3 Å². The molecular weight excluding hydrogens is 262 g/mol. The summed E-state index contributed by atoms with van der Waals surface area (Å²) in [5.41, 5.74) is 6.28. The highest BCUT2D eigenvalue weighted by Crippen LogP contribution is 2.38. The highest BCUT2D eigenvalue weighted by atomic mass is 32.1. The van der Waals surface area contributed by atoms with Crippen LogP contribution in [0.1, 0.15) is 49.9 Å². The number of carbonyl (C=O) groups excluding carboxylic acids is 1. The van der Waals surface area contributed by atoms with E-state index < -0.39 is 0 Å². The maximum Gasteiger partial charge on any atom is 0.345 e. The first kappa shape index (κ1) is 14.1. The Labute approximate surface area is 117 Å². The Balaban J connectivity index is 2.23. The van der Waals surface area contributed by atoms with Crippen molar-refractivity contribution in [3.8, 4) is 0 Å². The van der Waals surface area contributed by atoms with Gasteiger partial charge in [-0.15, -0.1) is 0 Å². The number of carbonyl (C=O) groups is 1. The Morgan fingerprint density at radius 2 is 2.26 bits per heavy atom. The van der Waals surface area contributed by atoms with Gasteiger partial charge >= 0.3 is 5.97 Å². The number of unbranched alkanes of at least 4 members (excludes halogenated alkanes) is 1. The second-order valence-electron chi connectivity index (χ2n) is 4.75. The highest BCUT2D eigenvalue weighted by molar-refractivity contribution is 7.11. The second kappa shape index (κ2) is 6.23. The largest absolute Gasteiger partial charge is 0.462 e. The van der Waals surface area contributed by atoms with E-state index in [0.717, 1.165) is 24.4 Å². The first-order valence-corrected chi connectivity index (χ1v) is 7.65. The molecule has 19 heavy (non-hydrogen) atoms. The van der Waals surface area contributed by atoms with Gasteiger partial charge < -0.3 is 15.4 Å². The van der Waals surface area contributed by atoms with Crippen molar-refractivity contribution < 1.29 is 9.53 Å². The van der Waals surface area contributed by atoms with Gasteiger partial charge in [0.05, 0.1) is 6.61 Å². The molecule has 0 aliphatic heterocycles. The predicted molar refractivity (Wildman–Crippen MR) is 77.8 cm³/mol. The summed E-state index contributed by atoms with van der Waals surface area (Å²) in [7, 11) is 0. The lowest BCUT2D eigenvalue weighted by molar-refractivity contribution is 0.0528. The molecular formula is C13H21N3O2S. The molecule has 0 radical (unpaired) electrons. The first-order chi connectivity index (χ1) is 9.19. The predicted octanol–water partition coefficient (Wildman–Crippen LogP) is 2.67. The molecule has 2 rings (SSSR count). The molecule has 1 aromatic rings. The molecule has 0 bridgehead atoms. The molecule has 1 aliphatic rings. The van der Waals surface area contributed by atoms with Crippen molar-refractivity contribution in [3.63, 3.8) is 0 Å². The van der Waals surface area contributed by atoms with Crippen molar-refractivity contribution in [2.24, 2.45) is 0 Å². The Morgan fingerprint density at radius 1 is 1.53 bits per heavy atom. The zero-order chi connectivity index (χ0) is 13.8. The molecule has 106 valence electrons. The number of nitrogens with zero attached hydrogens (tertiary/aromatic N) is 2. The third-order valence-corrected chi connectivity index (χ3v) is 4.08. The van der Waals surface area contributed by atoms with Crippen LogP contribution < -0.4 is 10.6 Å². The van der Waals surface area contributed by atoms with Gasteiger partial charge in [-0.25, -0.2) is 4.79 Å². The summed E-state index contributed by atoms with van der Waals surface area (Å²) in [6.07, 6.45) is 4.61. The molecule has 6 heteroatoms. The van der Waals surface area contributed by atoms with Gasteiger partial charge in [0.1, 0.15) is 10.6 Å². The molecule has 0 atom stereocenters. The summed E-state index contributed by atoms with van der Waals surface area (Å²) < 4.78 is 9.22. The molecule has 0 amide bonds. The van der Waals surface area contributed by atoms with Crippen LogP contribution in [0.3, 0.4) is 0 Å². The van der Waals surface area contributed by atoms with Crippen LogP contribution in [0.2, 0.25) is 0 Å². The minimum Gasteiger partial charge on any atom is -0.462 e. The van der Waals surface area contributed by atoms with Crippen LogP contribution in [-0.4, -0.2) is 29.5 Å². The number of hydrogen-bond donors (Lipinski definition) is 1. The SMILES string of the molecule is CCCCN(c1snc(N)c1C(=O)OCC)C1CC1. The maximum atomic E-state index is 12.0. The minimum atomic E-state index is -0.356. The Kier molecular flexibility index (Phi) is 4.63. The third kappa shape index (κ3) is 3.18. The van der Waals surface area contributed by atoms with Crippen LogP contribution in [0.5, 0.6) is 0 Å². The van der Waals surface area contributed by atoms with E-state index in [1.807, 2.05) is 0 Å². The number of nitrogens with two attached hydrogens (primary N) is 1. The number of rotatable bonds is 7. The maximum absolute atomic E-state index is 12.0. The Hall–Kier alpha value is -1.30. The number of aromatic nitrogens is 1. The van der Waals surface area contributed by atoms with Crippen molar-refractivity contribution in [1.82, 2.24) is 4.37 Å². The van der Waals surface area contributed by atoms with E-state index in [1.54, 1.807) is 6.92 Å². The number of nitrogen functional groups attached to an aromatic ring is 1. The molecule has 2 N–H and O–H groups in total. The highest BCUT2D eigenvalue weighted by Gasteiger charge is 2.34. The number of ether oxygens (including phenoxy) is 1. The molecule has 1 fully saturated rings.